The predicted octanol–water partition coefficient (Wildman–Crippen LogP) is 2.85. The van der Waals surface area contributed by atoms with E-state index in [1.165, 1.54) is 11.3 Å². The van der Waals surface area contributed by atoms with Crippen molar-refractivity contribution in [1.82, 2.24) is 0 Å². The van der Waals surface area contributed by atoms with E-state index in [2.05, 4.69) is 30.1 Å². The summed E-state index contributed by atoms with van der Waals surface area (Å²) in [5, 5.41) is 9.92. The number of benzene rings is 2. The van der Waals surface area contributed by atoms with Crippen molar-refractivity contribution in [2.75, 3.05) is 18.5 Å². The molecule has 0 saturated carbocycles. The Balaban J connectivity index is 2.20. The van der Waals surface area contributed by atoms with Crippen molar-refractivity contribution in [2.45, 2.75) is 6.42 Å². The molecule has 17 heavy (non-hydrogen) atoms. The lowest BCUT2D eigenvalue weighted by Crippen LogP contribution is -2.12. The summed E-state index contributed by atoms with van der Waals surface area (Å²) in [6, 6.07) is 14.5. The lowest BCUT2D eigenvalue weighted by molar-refractivity contribution is 0.477. The molecule has 0 aliphatic carbocycles. The van der Waals surface area contributed by atoms with Gasteiger partial charge in [-0.25, -0.2) is 0 Å². The molecule has 85 valence electrons. The lowest BCUT2D eigenvalue weighted by Gasteiger charge is -2.13. The standard InChI is InChI=1S/C15H14NO/c1-16-10-9-12-11(6-4-7-14(12)16)13-5-2-3-8-15(13)17/h2,4-8,17H,9-10H2,1H3. The van der Waals surface area contributed by atoms with Crippen molar-refractivity contribution in [3.05, 3.63) is 48.0 Å². The van der Waals surface area contributed by atoms with Crippen LogP contribution in [0.25, 0.3) is 11.1 Å². The summed E-state index contributed by atoms with van der Waals surface area (Å²) in [5.41, 5.74) is 4.64. The van der Waals surface area contributed by atoms with E-state index in [9.17, 15) is 5.11 Å². The van der Waals surface area contributed by atoms with Gasteiger partial charge < -0.3 is 10.0 Å². The van der Waals surface area contributed by atoms with E-state index in [1.807, 2.05) is 18.2 Å². The molecule has 0 aromatic heterocycles. The van der Waals surface area contributed by atoms with Gasteiger partial charge in [0.05, 0.1) is 0 Å². The lowest BCUT2D eigenvalue weighted by atomic mass is 9.97. The highest BCUT2D eigenvalue weighted by Crippen LogP contribution is 2.38. The van der Waals surface area contributed by atoms with Crippen molar-refractivity contribution in [2.24, 2.45) is 0 Å². The number of aromatic hydroxyl groups is 1. The van der Waals surface area contributed by atoms with Crippen LogP contribution in [0.3, 0.4) is 0 Å². The van der Waals surface area contributed by atoms with Crippen molar-refractivity contribution >= 4 is 5.69 Å². The molecular weight excluding hydrogens is 210 g/mol. The van der Waals surface area contributed by atoms with Crippen LogP contribution in [-0.2, 0) is 6.42 Å². The van der Waals surface area contributed by atoms with Crippen LogP contribution in [0.2, 0.25) is 0 Å². The largest absolute Gasteiger partial charge is 0.507 e. The second-order valence-electron chi connectivity index (χ2n) is 4.42. The maximum Gasteiger partial charge on any atom is 0.124 e. The zero-order chi connectivity index (χ0) is 11.8. The molecule has 0 fully saturated rings. The van der Waals surface area contributed by atoms with E-state index < -0.39 is 0 Å². The summed E-state index contributed by atoms with van der Waals surface area (Å²) in [4.78, 5) is 2.25. The highest BCUT2D eigenvalue weighted by Gasteiger charge is 2.20. The number of phenols is 1. The summed E-state index contributed by atoms with van der Waals surface area (Å²) in [5.74, 6) is 0.301. The first kappa shape index (κ1) is 10.2. The summed E-state index contributed by atoms with van der Waals surface area (Å²) in [7, 11) is 2.11. The Bertz CT molecular complexity index is 563. The van der Waals surface area contributed by atoms with E-state index in [4.69, 9.17) is 0 Å². The molecule has 0 spiro atoms. The summed E-state index contributed by atoms with van der Waals surface area (Å²) < 4.78 is 0. The SMILES string of the molecule is CN1CCc2c(-c3cc[c]cc3O)cccc21. The van der Waals surface area contributed by atoms with Crippen molar-refractivity contribution in [3.8, 4) is 16.9 Å². The van der Waals surface area contributed by atoms with Gasteiger partial charge in [0.15, 0.2) is 0 Å². The Morgan fingerprint density at radius 3 is 2.94 bits per heavy atom. The Morgan fingerprint density at radius 1 is 1.24 bits per heavy atom. The molecule has 2 heteroatoms. The van der Waals surface area contributed by atoms with Gasteiger partial charge in [-0.3, -0.25) is 0 Å². The molecule has 2 nitrogen and oxygen atoms in total. The van der Waals surface area contributed by atoms with Gasteiger partial charge in [0, 0.05) is 24.8 Å². The molecule has 0 saturated heterocycles. The van der Waals surface area contributed by atoms with Gasteiger partial charge >= 0.3 is 0 Å². The molecule has 1 heterocycles. The minimum absolute atomic E-state index is 0.301. The van der Waals surface area contributed by atoms with E-state index >= 15 is 0 Å². The maximum atomic E-state index is 9.92. The quantitative estimate of drug-likeness (QED) is 0.805. The minimum Gasteiger partial charge on any atom is -0.507 e. The molecule has 1 radical (unpaired) electrons. The number of rotatable bonds is 1. The number of fused-ring (bicyclic) bond motifs is 1. The van der Waals surface area contributed by atoms with E-state index in [-0.39, 0.29) is 0 Å². The molecule has 0 unspecified atom stereocenters. The van der Waals surface area contributed by atoms with Crippen LogP contribution >= 0.6 is 0 Å². The average molecular weight is 224 g/mol. The van der Waals surface area contributed by atoms with Crippen LogP contribution < -0.4 is 4.90 Å². The fraction of sp³-hybridized carbons (Fsp3) is 0.200. The van der Waals surface area contributed by atoms with E-state index in [0.717, 1.165) is 24.1 Å². The third-order valence-electron chi connectivity index (χ3n) is 3.39. The maximum absolute atomic E-state index is 9.92. The van der Waals surface area contributed by atoms with E-state index in [1.54, 1.807) is 6.07 Å². The number of anilines is 1. The number of hydrogen-bond acceptors (Lipinski definition) is 2. The molecular formula is C15H14NO. The van der Waals surface area contributed by atoms with Gasteiger partial charge in [-0.05, 0) is 35.7 Å². The molecule has 3 rings (SSSR count). The average Bonchev–Trinajstić information content (AvgIpc) is 2.72. The van der Waals surface area contributed by atoms with Gasteiger partial charge in [-0.15, -0.1) is 0 Å². The van der Waals surface area contributed by atoms with Crippen LogP contribution in [-0.4, -0.2) is 18.7 Å². The number of phenolic OH excluding ortho intramolecular Hbond substituents is 1. The van der Waals surface area contributed by atoms with Gasteiger partial charge in [-0.1, -0.05) is 24.3 Å². The highest BCUT2D eigenvalue weighted by atomic mass is 16.3. The Labute approximate surface area is 101 Å². The smallest absolute Gasteiger partial charge is 0.124 e. The molecule has 0 amide bonds. The zero-order valence-electron chi connectivity index (χ0n) is 9.77. The second-order valence-corrected chi connectivity index (χ2v) is 4.42. The summed E-state index contributed by atoms with van der Waals surface area (Å²) in [6.45, 7) is 1.05. The zero-order valence-corrected chi connectivity index (χ0v) is 9.77. The van der Waals surface area contributed by atoms with Gasteiger partial charge in [-0.2, -0.15) is 0 Å². The first-order valence-electron chi connectivity index (χ1n) is 5.80. The molecule has 0 atom stereocenters. The number of nitrogens with zero attached hydrogens (tertiary/aromatic N) is 1. The summed E-state index contributed by atoms with van der Waals surface area (Å²) >= 11 is 0. The molecule has 1 N–H and O–H groups in total. The van der Waals surface area contributed by atoms with Crippen molar-refractivity contribution in [3.63, 3.8) is 0 Å². The predicted molar refractivity (Wildman–Crippen MR) is 69.4 cm³/mol. The van der Waals surface area contributed by atoms with Crippen LogP contribution in [0.1, 0.15) is 5.56 Å². The Kier molecular flexibility index (Phi) is 2.29. The van der Waals surface area contributed by atoms with Crippen LogP contribution in [0.4, 0.5) is 5.69 Å². The van der Waals surface area contributed by atoms with Crippen LogP contribution in [0.5, 0.6) is 5.75 Å². The summed E-state index contributed by atoms with van der Waals surface area (Å²) in [6.07, 6.45) is 1.04. The first-order chi connectivity index (χ1) is 8.27. The topological polar surface area (TPSA) is 23.5 Å². The first-order valence-corrected chi connectivity index (χ1v) is 5.80. The minimum atomic E-state index is 0.301. The highest BCUT2D eigenvalue weighted by molar-refractivity contribution is 5.79. The third-order valence-corrected chi connectivity index (χ3v) is 3.39. The number of hydrogen-bond donors (Lipinski definition) is 1. The molecule has 0 bridgehead atoms. The van der Waals surface area contributed by atoms with Crippen molar-refractivity contribution < 1.29 is 5.11 Å². The Hall–Kier alpha value is -1.96. The monoisotopic (exact) mass is 224 g/mol. The van der Waals surface area contributed by atoms with Crippen molar-refractivity contribution in [1.29, 1.82) is 0 Å². The fourth-order valence-corrected chi connectivity index (χ4v) is 2.50. The van der Waals surface area contributed by atoms with Gasteiger partial charge in [0.25, 0.3) is 0 Å². The normalized spacial score (nSPS) is 13.8. The van der Waals surface area contributed by atoms with Gasteiger partial charge in [0.1, 0.15) is 5.75 Å². The van der Waals surface area contributed by atoms with Gasteiger partial charge in [0.2, 0.25) is 0 Å². The fourth-order valence-electron chi connectivity index (χ4n) is 2.50. The second kappa shape index (κ2) is 3.81. The molecule has 2 aromatic rings. The molecule has 1 aliphatic heterocycles. The third kappa shape index (κ3) is 1.57. The number of likely N-dealkylation sites (N-methyl/N-ethyl adjacent to an activating group) is 1. The van der Waals surface area contributed by atoms with E-state index in [0.29, 0.717) is 5.75 Å². The van der Waals surface area contributed by atoms with Crippen LogP contribution in [0.15, 0.2) is 36.4 Å². The molecule has 1 aliphatic rings. The molecule has 2 aromatic carbocycles. The van der Waals surface area contributed by atoms with Crippen LogP contribution in [0, 0.1) is 6.07 Å². The Morgan fingerprint density at radius 2 is 2.12 bits per heavy atom.